The third kappa shape index (κ3) is 3.84. The zero-order chi connectivity index (χ0) is 14.4. The van der Waals surface area contributed by atoms with E-state index in [-0.39, 0.29) is 6.42 Å². The highest BCUT2D eigenvalue weighted by atomic mass is 16.5. The van der Waals surface area contributed by atoms with Crippen molar-refractivity contribution in [2.24, 2.45) is 5.73 Å². The van der Waals surface area contributed by atoms with Crippen molar-refractivity contribution >= 4 is 5.97 Å². The summed E-state index contributed by atoms with van der Waals surface area (Å²) in [5.74, 6) is 0.584. The molecule has 106 valence electrons. The minimum absolute atomic E-state index is 0.0765. The van der Waals surface area contributed by atoms with E-state index in [9.17, 15) is 9.90 Å². The molecule has 1 aromatic rings. The minimum atomic E-state index is -1.03. The number of carbonyl (C=O) groups is 1. The van der Waals surface area contributed by atoms with Crippen LogP contribution in [-0.2, 0) is 9.53 Å². The van der Waals surface area contributed by atoms with Crippen LogP contribution in [0.2, 0.25) is 0 Å². The lowest BCUT2D eigenvalue weighted by atomic mass is 9.99. The molecule has 19 heavy (non-hydrogen) atoms. The van der Waals surface area contributed by atoms with Crippen LogP contribution in [0.25, 0.3) is 0 Å². The average Bonchev–Trinajstić information content (AvgIpc) is 2.45. The number of esters is 1. The molecule has 1 rings (SSSR count). The van der Waals surface area contributed by atoms with Gasteiger partial charge in [0.05, 0.1) is 33.9 Å². The Morgan fingerprint density at radius 2 is 2.00 bits per heavy atom. The molecule has 6 nitrogen and oxygen atoms in total. The predicted octanol–water partition coefficient (Wildman–Crippen LogP) is 0.628. The van der Waals surface area contributed by atoms with Crippen molar-refractivity contribution in [2.75, 3.05) is 21.3 Å². The van der Waals surface area contributed by atoms with E-state index in [1.807, 2.05) is 0 Å². The summed E-state index contributed by atoms with van der Waals surface area (Å²) in [6, 6.07) is 4.21. The third-order valence-electron chi connectivity index (χ3n) is 2.79. The maximum Gasteiger partial charge on any atom is 0.307 e. The number of benzene rings is 1. The fraction of sp³-hybridized carbons (Fsp3) is 0.462. The molecule has 0 spiro atoms. The van der Waals surface area contributed by atoms with E-state index in [1.54, 1.807) is 18.2 Å². The van der Waals surface area contributed by atoms with Crippen molar-refractivity contribution in [2.45, 2.75) is 18.6 Å². The summed E-state index contributed by atoms with van der Waals surface area (Å²) in [5, 5.41) is 10.2. The van der Waals surface area contributed by atoms with Crippen LogP contribution in [0.4, 0.5) is 0 Å². The standard InChI is InChI=1S/C13H19NO5/c1-17-8-4-5-9(11(6-8)18-2)13(16)10(14)7-12(15)19-3/h4-6,10,13,16H,7,14H2,1-3H3. The zero-order valence-electron chi connectivity index (χ0n) is 11.3. The summed E-state index contributed by atoms with van der Waals surface area (Å²) >= 11 is 0. The van der Waals surface area contributed by atoms with Crippen molar-refractivity contribution < 1.29 is 24.1 Å². The summed E-state index contributed by atoms with van der Waals surface area (Å²) < 4.78 is 14.8. The maximum absolute atomic E-state index is 11.1. The molecule has 0 amide bonds. The Labute approximate surface area is 112 Å². The first-order chi connectivity index (χ1) is 9.03. The number of aliphatic hydroxyl groups excluding tert-OH is 1. The molecule has 0 fully saturated rings. The molecule has 0 radical (unpaired) electrons. The number of methoxy groups -OCH3 is 3. The Morgan fingerprint density at radius 3 is 2.53 bits per heavy atom. The fourth-order valence-electron chi connectivity index (χ4n) is 1.68. The van der Waals surface area contributed by atoms with E-state index < -0.39 is 18.1 Å². The molecular weight excluding hydrogens is 250 g/mol. The number of carbonyl (C=O) groups excluding carboxylic acids is 1. The fourth-order valence-corrected chi connectivity index (χ4v) is 1.68. The summed E-state index contributed by atoms with van der Waals surface area (Å²) in [6.45, 7) is 0. The van der Waals surface area contributed by atoms with Gasteiger partial charge in [-0.25, -0.2) is 0 Å². The lowest BCUT2D eigenvalue weighted by molar-refractivity contribution is -0.141. The molecule has 0 aliphatic rings. The molecule has 0 aliphatic carbocycles. The quantitative estimate of drug-likeness (QED) is 0.736. The van der Waals surface area contributed by atoms with Gasteiger partial charge in [-0.2, -0.15) is 0 Å². The van der Waals surface area contributed by atoms with Crippen molar-refractivity contribution in [1.29, 1.82) is 0 Å². The molecule has 0 heterocycles. The molecular formula is C13H19NO5. The molecule has 2 atom stereocenters. The van der Waals surface area contributed by atoms with Crippen LogP contribution in [0.15, 0.2) is 18.2 Å². The largest absolute Gasteiger partial charge is 0.497 e. The van der Waals surface area contributed by atoms with Crippen molar-refractivity contribution in [3.63, 3.8) is 0 Å². The van der Waals surface area contributed by atoms with Gasteiger partial charge in [0.1, 0.15) is 11.5 Å². The van der Waals surface area contributed by atoms with Gasteiger partial charge in [-0.05, 0) is 12.1 Å². The van der Waals surface area contributed by atoms with E-state index in [2.05, 4.69) is 4.74 Å². The van der Waals surface area contributed by atoms with Crippen molar-refractivity contribution in [1.82, 2.24) is 0 Å². The number of hydrogen-bond donors (Lipinski definition) is 2. The molecule has 0 saturated carbocycles. The average molecular weight is 269 g/mol. The van der Waals surface area contributed by atoms with E-state index in [4.69, 9.17) is 15.2 Å². The molecule has 0 aromatic heterocycles. The number of rotatable bonds is 6. The smallest absolute Gasteiger partial charge is 0.307 e. The Hall–Kier alpha value is -1.79. The molecule has 0 bridgehead atoms. The second kappa shape index (κ2) is 6.96. The van der Waals surface area contributed by atoms with Gasteiger partial charge in [-0.3, -0.25) is 4.79 Å². The monoisotopic (exact) mass is 269 g/mol. The van der Waals surface area contributed by atoms with E-state index in [0.717, 1.165) is 0 Å². The summed E-state index contributed by atoms with van der Waals surface area (Å²) in [5.41, 5.74) is 6.28. The van der Waals surface area contributed by atoms with Gasteiger partial charge < -0.3 is 25.1 Å². The Morgan fingerprint density at radius 1 is 1.32 bits per heavy atom. The van der Waals surface area contributed by atoms with Crippen LogP contribution < -0.4 is 15.2 Å². The maximum atomic E-state index is 11.1. The Kier molecular flexibility index (Phi) is 5.59. The van der Waals surface area contributed by atoms with Gasteiger partial charge in [-0.15, -0.1) is 0 Å². The van der Waals surface area contributed by atoms with Crippen LogP contribution in [0.3, 0.4) is 0 Å². The van der Waals surface area contributed by atoms with E-state index in [0.29, 0.717) is 17.1 Å². The molecule has 0 saturated heterocycles. The highest BCUT2D eigenvalue weighted by molar-refractivity contribution is 5.70. The number of ether oxygens (including phenoxy) is 3. The van der Waals surface area contributed by atoms with Crippen LogP contribution >= 0.6 is 0 Å². The molecule has 6 heteroatoms. The van der Waals surface area contributed by atoms with Crippen molar-refractivity contribution in [3.05, 3.63) is 23.8 Å². The molecule has 3 N–H and O–H groups in total. The summed E-state index contributed by atoms with van der Waals surface area (Å²) in [6.07, 6.45) is -1.10. The predicted molar refractivity (Wildman–Crippen MR) is 69.1 cm³/mol. The molecule has 1 aromatic carbocycles. The Balaban J connectivity index is 2.91. The van der Waals surface area contributed by atoms with Gasteiger partial charge in [-0.1, -0.05) is 0 Å². The zero-order valence-corrected chi connectivity index (χ0v) is 11.3. The van der Waals surface area contributed by atoms with Gasteiger partial charge in [0.25, 0.3) is 0 Å². The van der Waals surface area contributed by atoms with Gasteiger partial charge in [0, 0.05) is 17.7 Å². The van der Waals surface area contributed by atoms with Gasteiger partial charge >= 0.3 is 5.97 Å². The minimum Gasteiger partial charge on any atom is -0.497 e. The highest BCUT2D eigenvalue weighted by Gasteiger charge is 2.23. The first-order valence-electron chi connectivity index (χ1n) is 5.75. The first kappa shape index (κ1) is 15.3. The van der Waals surface area contributed by atoms with Gasteiger partial charge in [0.15, 0.2) is 0 Å². The first-order valence-corrected chi connectivity index (χ1v) is 5.75. The summed E-state index contributed by atoms with van der Waals surface area (Å²) in [7, 11) is 4.29. The van der Waals surface area contributed by atoms with Crippen LogP contribution in [0.1, 0.15) is 18.1 Å². The second-order valence-electron chi connectivity index (χ2n) is 4.00. The normalized spacial score (nSPS) is 13.5. The number of aliphatic hydroxyl groups is 1. The van der Waals surface area contributed by atoms with E-state index in [1.165, 1.54) is 21.3 Å². The third-order valence-corrected chi connectivity index (χ3v) is 2.79. The number of nitrogens with two attached hydrogens (primary N) is 1. The molecule has 2 unspecified atom stereocenters. The molecule has 0 aliphatic heterocycles. The van der Waals surface area contributed by atoms with E-state index >= 15 is 0 Å². The SMILES string of the molecule is COC(=O)CC(N)C(O)c1ccc(OC)cc1OC. The lowest BCUT2D eigenvalue weighted by Crippen LogP contribution is -2.31. The van der Waals surface area contributed by atoms with Crippen molar-refractivity contribution in [3.8, 4) is 11.5 Å². The lowest BCUT2D eigenvalue weighted by Gasteiger charge is -2.20. The van der Waals surface area contributed by atoms with Gasteiger partial charge in [0.2, 0.25) is 0 Å². The van der Waals surface area contributed by atoms with Crippen LogP contribution in [0.5, 0.6) is 11.5 Å². The number of hydrogen-bond acceptors (Lipinski definition) is 6. The Bertz CT molecular complexity index is 435. The van der Waals surface area contributed by atoms with Crippen LogP contribution in [-0.4, -0.2) is 38.4 Å². The van der Waals surface area contributed by atoms with Crippen LogP contribution in [0, 0.1) is 0 Å². The highest BCUT2D eigenvalue weighted by Crippen LogP contribution is 2.31. The topological polar surface area (TPSA) is 91.0 Å². The summed E-state index contributed by atoms with van der Waals surface area (Å²) in [4.78, 5) is 11.1. The second-order valence-corrected chi connectivity index (χ2v) is 4.00.